The Morgan fingerprint density at radius 3 is 2.89 bits per heavy atom. The summed E-state index contributed by atoms with van der Waals surface area (Å²) in [6.45, 7) is 2.26. The molecule has 0 heterocycles. The van der Waals surface area contributed by atoms with Gasteiger partial charge < -0.3 is 10.5 Å². The van der Waals surface area contributed by atoms with E-state index in [4.69, 9.17) is 10.5 Å². The Kier molecular flexibility index (Phi) is 4.86. The smallest absolute Gasteiger partial charge is 0.125 e. The van der Waals surface area contributed by atoms with Crippen LogP contribution in [0.25, 0.3) is 0 Å². The van der Waals surface area contributed by atoms with E-state index in [0.717, 1.165) is 24.2 Å². The van der Waals surface area contributed by atoms with Gasteiger partial charge in [-0.05, 0) is 24.8 Å². The summed E-state index contributed by atoms with van der Waals surface area (Å²) in [5.41, 5.74) is 7.41. The Morgan fingerprint density at radius 1 is 1.42 bits per heavy atom. The molecule has 1 fully saturated rings. The first-order valence-electron chi connectivity index (χ1n) is 6.89. The Balaban J connectivity index is 2.06. The fourth-order valence-corrected chi connectivity index (χ4v) is 4.52. The summed E-state index contributed by atoms with van der Waals surface area (Å²) in [5.74, 6) is 2.02. The Labute approximate surface area is 118 Å². The molecule has 1 aromatic carbocycles. The molecule has 3 unspecified atom stereocenters. The van der Waals surface area contributed by atoms with Gasteiger partial charge in [0.25, 0.3) is 0 Å². The first-order chi connectivity index (χ1) is 9.10. The molecule has 1 aliphatic carbocycles. The van der Waals surface area contributed by atoms with Gasteiger partial charge in [0.1, 0.15) is 5.75 Å². The van der Waals surface area contributed by atoms with Gasteiger partial charge in [-0.2, -0.15) is 0 Å². The number of anilines is 1. The van der Waals surface area contributed by atoms with Crippen molar-refractivity contribution in [1.29, 1.82) is 0 Å². The first-order valence-corrected chi connectivity index (χ1v) is 8.28. The van der Waals surface area contributed by atoms with Crippen LogP contribution in [0.1, 0.15) is 38.2 Å². The van der Waals surface area contributed by atoms with Crippen LogP contribution in [0.15, 0.2) is 18.2 Å². The molecular formula is C15H23NO2S. The molecule has 4 heteroatoms. The third-order valence-corrected chi connectivity index (χ3v) is 5.64. The van der Waals surface area contributed by atoms with E-state index >= 15 is 0 Å². The van der Waals surface area contributed by atoms with Crippen molar-refractivity contribution in [3.63, 3.8) is 0 Å². The van der Waals surface area contributed by atoms with E-state index in [-0.39, 0.29) is 0 Å². The van der Waals surface area contributed by atoms with Crippen LogP contribution in [0.2, 0.25) is 0 Å². The van der Waals surface area contributed by atoms with Crippen LogP contribution in [0.3, 0.4) is 0 Å². The largest absolute Gasteiger partial charge is 0.496 e. The zero-order valence-electron chi connectivity index (χ0n) is 11.7. The predicted octanol–water partition coefficient (Wildman–Crippen LogP) is 3.10. The van der Waals surface area contributed by atoms with Crippen LogP contribution in [-0.4, -0.2) is 16.6 Å². The van der Waals surface area contributed by atoms with E-state index in [9.17, 15) is 4.21 Å². The van der Waals surface area contributed by atoms with Gasteiger partial charge in [0.2, 0.25) is 0 Å². The second kappa shape index (κ2) is 6.42. The van der Waals surface area contributed by atoms with E-state index in [1.165, 1.54) is 12.8 Å². The van der Waals surface area contributed by atoms with E-state index in [0.29, 0.717) is 22.6 Å². The van der Waals surface area contributed by atoms with Gasteiger partial charge in [-0.25, -0.2) is 0 Å². The highest BCUT2D eigenvalue weighted by Gasteiger charge is 2.24. The number of hydrogen-bond donors (Lipinski definition) is 1. The second-order valence-electron chi connectivity index (χ2n) is 5.49. The molecule has 0 saturated heterocycles. The fraction of sp³-hybridized carbons (Fsp3) is 0.600. The molecule has 0 aromatic heterocycles. The molecule has 0 amide bonds. The topological polar surface area (TPSA) is 52.3 Å². The number of methoxy groups -OCH3 is 1. The summed E-state index contributed by atoms with van der Waals surface area (Å²) in [6.07, 6.45) is 4.66. The van der Waals surface area contributed by atoms with E-state index < -0.39 is 10.8 Å². The standard InChI is InChI=1S/C15H23NO2S/c1-11-4-3-5-14(8-11)19(17)10-12-6-7-13(16)9-15(12)18-2/h6-7,9,11,14H,3-5,8,10,16H2,1-2H3. The van der Waals surface area contributed by atoms with Gasteiger partial charge in [-0.3, -0.25) is 4.21 Å². The lowest BCUT2D eigenvalue weighted by molar-refractivity contribution is 0.388. The van der Waals surface area contributed by atoms with Crippen molar-refractivity contribution < 1.29 is 8.95 Å². The Bertz CT molecular complexity index is 461. The van der Waals surface area contributed by atoms with Gasteiger partial charge in [0, 0.05) is 33.4 Å². The Morgan fingerprint density at radius 2 is 2.21 bits per heavy atom. The molecular weight excluding hydrogens is 258 g/mol. The normalized spacial score (nSPS) is 24.9. The maximum absolute atomic E-state index is 12.5. The van der Waals surface area contributed by atoms with Crippen LogP contribution in [0, 0.1) is 5.92 Å². The minimum Gasteiger partial charge on any atom is -0.496 e. The van der Waals surface area contributed by atoms with Crippen molar-refractivity contribution in [1.82, 2.24) is 0 Å². The molecule has 106 valence electrons. The highest BCUT2D eigenvalue weighted by atomic mass is 32.2. The molecule has 0 aliphatic heterocycles. The predicted molar refractivity (Wildman–Crippen MR) is 80.7 cm³/mol. The maximum atomic E-state index is 12.5. The van der Waals surface area contributed by atoms with Crippen molar-refractivity contribution in [2.45, 2.75) is 43.6 Å². The van der Waals surface area contributed by atoms with E-state index in [1.807, 2.05) is 12.1 Å². The Hall–Kier alpha value is -1.03. The lowest BCUT2D eigenvalue weighted by Gasteiger charge is -2.26. The summed E-state index contributed by atoms with van der Waals surface area (Å²) in [7, 11) is 0.811. The SMILES string of the molecule is COc1cc(N)ccc1CS(=O)C1CCCC(C)C1. The summed E-state index contributed by atoms with van der Waals surface area (Å²) in [6, 6.07) is 5.58. The molecule has 2 rings (SSSR count). The van der Waals surface area contributed by atoms with Crippen molar-refractivity contribution in [2.24, 2.45) is 5.92 Å². The molecule has 19 heavy (non-hydrogen) atoms. The zero-order chi connectivity index (χ0) is 13.8. The van der Waals surface area contributed by atoms with E-state index in [1.54, 1.807) is 13.2 Å². The third kappa shape index (κ3) is 3.72. The van der Waals surface area contributed by atoms with Crippen LogP contribution in [0.4, 0.5) is 5.69 Å². The van der Waals surface area contributed by atoms with Crippen molar-refractivity contribution in [2.75, 3.05) is 12.8 Å². The van der Waals surface area contributed by atoms with Crippen molar-refractivity contribution >= 4 is 16.5 Å². The average molecular weight is 281 g/mol. The van der Waals surface area contributed by atoms with Gasteiger partial charge in [0.05, 0.1) is 12.9 Å². The van der Waals surface area contributed by atoms with Gasteiger partial charge >= 0.3 is 0 Å². The number of hydrogen-bond acceptors (Lipinski definition) is 3. The lowest BCUT2D eigenvalue weighted by Crippen LogP contribution is -2.24. The summed E-state index contributed by atoms with van der Waals surface area (Å²) < 4.78 is 17.8. The number of nitrogens with two attached hydrogens (primary N) is 1. The molecule has 1 aliphatic rings. The van der Waals surface area contributed by atoms with Gasteiger partial charge in [-0.1, -0.05) is 25.8 Å². The molecule has 3 atom stereocenters. The quantitative estimate of drug-likeness (QED) is 0.863. The molecule has 3 nitrogen and oxygen atoms in total. The fourth-order valence-electron chi connectivity index (χ4n) is 2.77. The lowest BCUT2D eigenvalue weighted by atomic mass is 9.91. The van der Waals surface area contributed by atoms with Crippen LogP contribution >= 0.6 is 0 Å². The van der Waals surface area contributed by atoms with Crippen molar-refractivity contribution in [3.8, 4) is 5.75 Å². The van der Waals surface area contributed by atoms with Crippen molar-refractivity contribution in [3.05, 3.63) is 23.8 Å². The molecule has 1 aromatic rings. The summed E-state index contributed by atoms with van der Waals surface area (Å²) >= 11 is 0. The van der Waals surface area contributed by atoms with Crippen LogP contribution in [-0.2, 0) is 16.6 Å². The number of nitrogen functional groups attached to an aromatic ring is 1. The average Bonchev–Trinajstić information content (AvgIpc) is 2.40. The van der Waals surface area contributed by atoms with Crippen LogP contribution in [0.5, 0.6) is 5.75 Å². The van der Waals surface area contributed by atoms with E-state index in [2.05, 4.69) is 6.92 Å². The third-order valence-electron chi connectivity index (χ3n) is 3.87. The number of rotatable bonds is 4. The highest BCUT2D eigenvalue weighted by Crippen LogP contribution is 2.30. The number of benzene rings is 1. The monoisotopic (exact) mass is 281 g/mol. The minimum atomic E-state index is -0.817. The molecule has 0 radical (unpaired) electrons. The number of ether oxygens (including phenoxy) is 1. The molecule has 0 spiro atoms. The second-order valence-corrected chi connectivity index (χ2v) is 7.21. The first kappa shape index (κ1) is 14.4. The van der Waals surface area contributed by atoms with Crippen LogP contribution < -0.4 is 10.5 Å². The molecule has 0 bridgehead atoms. The van der Waals surface area contributed by atoms with Gasteiger partial charge in [0.15, 0.2) is 0 Å². The van der Waals surface area contributed by atoms with Gasteiger partial charge in [-0.15, -0.1) is 0 Å². The minimum absolute atomic E-state index is 0.339. The zero-order valence-corrected chi connectivity index (χ0v) is 12.5. The summed E-state index contributed by atoms with van der Waals surface area (Å²) in [5, 5.41) is 0.339. The maximum Gasteiger partial charge on any atom is 0.125 e. The molecule has 1 saturated carbocycles. The molecule has 2 N–H and O–H groups in total. The summed E-state index contributed by atoms with van der Waals surface area (Å²) in [4.78, 5) is 0. The highest BCUT2D eigenvalue weighted by molar-refractivity contribution is 7.84.